The standard InChI is InChI=1S/C15H10BrClN2O/c1-9-12(3-2-4-13(9)16)15(20)19-11-6-5-10(8-18)14(17)7-11/h2-7H,1H3,(H,19,20). The Hall–Kier alpha value is -1.83. The van der Waals surface area contributed by atoms with Gasteiger partial charge in [-0.1, -0.05) is 33.6 Å². The second-order valence-corrected chi connectivity index (χ2v) is 5.43. The van der Waals surface area contributed by atoms with Crippen LogP contribution in [0.5, 0.6) is 0 Å². The summed E-state index contributed by atoms with van der Waals surface area (Å²) in [5.74, 6) is -0.218. The van der Waals surface area contributed by atoms with Crippen LogP contribution < -0.4 is 5.32 Å². The maximum absolute atomic E-state index is 12.2. The predicted molar refractivity (Wildman–Crippen MR) is 83.0 cm³/mol. The number of nitriles is 1. The molecular formula is C15H10BrClN2O. The molecule has 0 bridgehead atoms. The topological polar surface area (TPSA) is 52.9 Å². The number of nitrogens with zero attached hydrogens (tertiary/aromatic N) is 1. The van der Waals surface area contributed by atoms with Crippen LogP contribution in [0.2, 0.25) is 5.02 Å². The van der Waals surface area contributed by atoms with Crippen molar-refractivity contribution in [1.29, 1.82) is 5.26 Å². The zero-order valence-electron chi connectivity index (χ0n) is 10.6. The zero-order chi connectivity index (χ0) is 14.7. The van der Waals surface area contributed by atoms with Gasteiger partial charge in [-0.25, -0.2) is 0 Å². The molecule has 2 aromatic carbocycles. The quantitative estimate of drug-likeness (QED) is 0.865. The third kappa shape index (κ3) is 3.01. The molecule has 3 nitrogen and oxygen atoms in total. The molecule has 20 heavy (non-hydrogen) atoms. The summed E-state index contributed by atoms with van der Waals surface area (Å²) in [6.07, 6.45) is 0. The fourth-order valence-corrected chi connectivity index (χ4v) is 2.32. The highest BCUT2D eigenvalue weighted by Crippen LogP contribution is 2.23. The molecule has 0 aromatic heterocycles. The van der Waals surface area contributed by atoms with Crippen molar-refractivity contribution in [2.24, 2.45) is 0 Å². The normalized spacial score (nSPS) is 9.90. The number of rotatable bonds is 2. The van der Waals surface area contributed by atoms with Crippen LogP contribution in [0.3, 0.4) is 0 Å². The molecule has 2 aromatic rings. The van der Waals surface area contributed by atoms with E-state index in [1.165, 1.54) is 0 Å². The van der Waals surface area contributed by atoms with Gasteiger partial charge in [0.05, 0.1) is 10.6 Å². The van der Waals surface area contributed by atoms with Crippen LogP contribution in [0.15, 0.2) is 40.9 Å². The molecule has 0 atom stereocenters. The number of carbonyl (C=O) groups excluding carboxylic acids is 1. The minimum absolute atomic E-state index is 0.218. The molecule has 1 N–H and O–H groups in total. The highest BCUT2D eigenvalue weighted by molar-refractivity contribution is 9.10. The van der Waals surface area contributed by atoms with Gasteiger partial charge >= 0.3 is 0 Å². The lowest BCUT2D eigenvalue weighted by Gasteiger charge is -2.09. The summed E-state index contributed by atoms with van der Waals surface area (Å²) >= 11 is 9.33. The Labute approximate surface area is 130 Å². The van der Waals surface area contributed by atoms with Gasteiger partial charge in [0, 0.05) is 15.7 Å². The van der Waals surface area contributed by atoms with Gasteiger partial charge in [0.15, 0.2) is 0 Å². The number of halogens is 2. The number of anilines is 1. The van der Waals surface area contributed by atoms with Crippen molar-refractivity contribution < 1.29 is 4.79 Å². The summed E-state index contributed by atoms with van der Waals surface area (Å²) in [5.41, 5.74) is 2.38. The number of hydrogen-bond acceptors (Lipinski definition) is 2. The molecule has 0 aliphatic carbocycles. The van der Waals surface area contributed by atoms with Crippen molar-refractivity contribution in [2.75, 3.05) is 5.32 Å². The van der Waals surface area contributed by atoms with Gasteiger partial charge in [0.25, 0.3) is 5.91 Å². The second kappa shape index (κ2) is 6.08. The Morgan fingerprint density at radius 3 is 2.75 bits per heavy atom. The fraction of sp³-hybridized carbons (Fsp3) is 0.0667. The van der Waals surface area contributed by atoms with Gasteiger partial charge < -0.3 is 5.32 Å². The lowest BCUT2D eigenvalue weighted by Crippen LogP contribution is -2.13. The molecule has 0 fully saturated rings. The number of amides is 1. The van der Waals surface area contributed by atoms with E-state index in [2.05, 4.69) is 21.2 Å². The number of benzene rings is 2. The van der Waals surface area contributed by atoms with Crippen LogP contribution in [-0.4, -0.2) is 5.91 Å². The van der Waals surface area contributed by atoms with Crippen LogP contribution in [0.1, 0.15) is 21.5 Å². The first-order valence-electron chi connectivity index (χ1n) is 5.79. The van der Waals surface area contributed by atoms with Crippen molar-refractivity contribution in [3.8, 4) is 6.07 Å². The Bertz CT molecular complexity index is 722. The minimum Gasteiger partial charge on any atom is -0.322 e. The van der Waals surface area contributed by atoms with Crippen molar-refractivity contribution in [3.63, 3.8) is 0 Å². The molecule has 0 spiro atoms. The largest absolute Gasteiger partial charge is 0.322 e. The first kappa shape index (κ1) is 14.6. The number of nitrogens with one attached hydrogen (secondary N) is 1. The summed E-state index contributed by atoms with van der Waals surface area (Å²) in [5, 5.41) is 11.9. The lowest BCUT2D eigenvalue weighted by atomic mass is 10.1. The van der Waals surface area contributed by atoms with Crippen molar-refractivity contribution in [3.05, 3.63) is 62.6 Å². The van der Waals surface area contributed by atoms with E-state index in [9.17, 15) is 4.79 Å². The molecule has 0 radical (unpaired) electrons. The first-order valence-corrected chi connectivity index (χ1v) is 6.96. The third-order valence-corrected chi connectivity index (χ3v) is 4.03. The molecule has 0 saturated carbocycles. The zero-order valence-corrected chi connectivity index (χ0v) is 12.9. The summed E-state index contributed by atoms with van der Waals surface area (Å²) < 4.78 is 0.878. The second-order valence-electron chi connectivity index (χ2n) is 4.17. The van der Waals surface area contributed by atoms with E-state index in [0.29, 0.717) is 21.8 Å². The molecular weight excluding hydrogens is 340 g/mol. The maximum Gasteiger partial charge on any atom is 0.255 e. The molecule has 100 valence electrons. The average molecular weight is 350 g/mol. The van der Waals surface area contributed by atoms with E-state index >= 15 is 0 Å². The monoisotopic (exact) mass is 348 g/mol. The predicted octanol–water partition coefficient (Wildman–Crippen LogP) is 4.53. The number of hydrogen-bond donors (Lipinski definition) is 1. The smallest absolute Gasteiger partial charge is 0.255 e. The van der Waals surface area contributed by atoms with E-state index in [-0.39, 0.29) is 5.91 Å². The van der Waals surface area contributed by atoms with Gasteiger partial charge in [0.2, 0.25) is 0 Å². The number of carbonyl (C=O) groups is 1. The van der Waals surface area contributed by atoms with Crippen molar-refractivity contribution in [1.82, 2.24) is 0 Å². The first-order chi connectivity index (χ1) is 9.52. The molecule has 2 rings (SSSR count). The van der Waals surface area contributed by atoms with Gasteiger partial charge in [-0.15, -0.1) is 0 Å². The highest BCUT2D eigenvalue weighted by Gasteiger charge is 2.11. The van der Waals surface area contributed by atoms with Gasteiger partial charge in [-0.05, 0) is 42.8 Å². The molecule has 0 aliphatic heterocycles. The van der Waals surface area contributed by atoms with E-state index in [4.69, 9.17) is 16.9 Å². The summed E-state index contributed by atoms with van der Waals surface area (Å²) in [7, 11) is 0. The van der Waals surface area contributed by atoms with E-state index in [1.54, 1.807) is 30.3 Å². The summed E-state index contributed by atoms with van der Waals surface area (Å²) in [6, 6.07) is 12.2. The summed E-state index contributed by atoms with van der Waals surface area (Å²) in [4.78, 5) is 12.2. The van der Waals surface area contributed by atoms with Crippen LogP contribution in [0, 0.1) is 18.3 Å². The van der Waals surface area contributed by atoms with Gasteiger partial charge in [-0.2, -0.15) is 5.26 Å². The molecule has 0 saturated heterocycles. The van der Waals surface area contributed by atoms with E-state index in [1.807, 2.05) is 19.1 Å². The van der Waals surface area contributed by atoms with Crippen molar-refractivity contribution >= 4 is 39.1 Å². The fourth-order valence-electron chi connectivity index (χ4n) is 1.74. The molecule has 0 unspecified atom stereocenters. The molecule has 0 heterocycles. The van der Waals surface area contributed by atoms with Crippen LogP contribution in [0.4, 0.5) is 5.69 Å². The Morgan fingerprint density at radius 2 is 2.10 bits per heavy atom. The van der Waals surface area contributed by atoms with Gasteiger partial charge in [-0.3, -0.25) is 4.79 Å². The third-order valence-electron chi connectivity index (χ3n) is 2.86. The van der Waals surface area contributed by atoms with E-state index < -0.39 is 0 Å². The molecule has 5 heteroatoms. The lowest BCUT2D eigenvalue weighted by molar-refractivity contribution is 0.102. The van der Waals surface area contributed by atoms with Crippen LogP contribution >= 0.6 is 27.5 Å². The summed E-state index contributed by atoms with van der Waals surface area (Å²) in [6.45, 7) is 1.87. The minimum atomic E-state index is -0.218. The Morgan fingerprint density at radius 1 is 1.35 bits per heavy atom. The maximum atomic E-state index is 12.2. The Kier molecular flexibility index (Phi) is 4.43. The Balaban J connectivity index is 2.26. The molecule has 0 aliphatic rings. The average Bonchev–Trinajstić information content (AvgIpc) is 2.42. The van der Waals surface area contributed by atoms with Crippen LogP contribution in [0.25, 0.3) is 0 Å². The van der Waals surface area contributed by atoms with E-state index in [0.717, 1.165) is 10.0 Å². The van der Waals surface area contributed by atoms with Gasteiger partial charge in [0.1, 0.15) is 6.07 Å². The SMILES string of the molecule is Cc1c(Br)cccc1C(=O)Nc1ccc(C#N)c(Cl)c1. The highest BCUT2D eigenvalue weighted by atomic mass is 79.9. The molecule has 1 amide bonds. The van der Waals surface area contributed by atoms with Crippen molar-refractivity contribution in [2.45, 2.75) is 6.92 Å². The van der Waals surface area contributed by atoms with Crippen LogP contribution in [-0.2, 0) is 0 Å².